The number of likely N-dealkylation sites (tertiary alicyclic amines) is 1. The van der Waals surface area contributed by atoms with Crippen LogP contribution in [0, 0.1) is 0 Å². The van der Waals surface area contributed by atoms with Crippen LogP contribution in [0.4, 0.5) is 0 Å². The van der Waals surface area contributed by atoms with Crippen molar-refractivity contribution in [1.82, 2.24) is 4.90 Å². The predicted octanol–water partition coefficient (Wildman–Crippen LogP) is 1.82. The molecule has 0 aliphatic carbocycles. The monoisotopic (exact) mass is 181 g/mol. The maximum Gasteiger partial charge on any atom is 0.0645 e. The minimum absolute atomic E-state index is 0.733. The van der Waals surface area contributed by atoms with Gasteiger partial charge in [0.05, 0.1) is 19.3 Å². The highest BCUT2D eigenvalue weighted by Gasteiger charge is 2.26. The maximum absolute atomic E-state index is 5.23. The molecule has 74 valence electrons. The number of hydrogen-bond acceptors (Lipinski definition) is 2. The lowest BCUT2D eigenvalue weighted by atomic mass is 10.1. The molecule has 2 aliphatic rings. The highest BCUT2D eigenvalue weighted by Crippen LogP contribution is 2.20. The first-order chi connectivity index (χ1) is 6.40. The van der Waals surface area contributed by atoms with E-state index in [-0.39, 0.29) is 0 Å². The minimum atomic E-state index is 0.733. The lowest BCUT2D eigenvalue weighted by Crippen LogP contribution is -2.49. The first-order valence-corrected chi connectivity index (χ1v) is 5.36. The predicted molar refractivity (Wildman–Crippen MR) is 53.8 cm³/mol. The molecule has 0 aromatic rings. The summed E-state index contributed by atoms with van der Waals surface area (Å²) in [6, 6.07) is 0.733. The summed E-state index contributed by atoms with van der Waals surface area (Å²) in [5.41, 5.74) is 1.64. The van der Waals surface area contributed by atoms with Gasteiger partial charge in [-0.2, -0.15) is 0 Å². The number of nitrogens with zero attached hydrogens (tertiary/aromatic N) is 1. The first-order valence-electron chi connectivity index (χ1n) is 5.36. The molecule has 13 heavy (non-hydrogen) atoms. The third-order valence-electron chi connectivity index (χ3n) is 3.21. The smallest absolute Gasteiger partial charge is 0.0645 e. The second-order valence-corrected chi connectivity index (χ2v) is 4.03. The molecule has 0 unspecified atom stereocenters. The van der Waals surface area contributed by atoms with E-state index in [4.69, 9.17) is 4.74 Å². The Balaban J connectivity index is 1.86. The summed E-state index contributed by atoms with van der Waals surface area (Å²) >= 11 is 0. The largest absolute Gasteiger partial charge is 0.378 e. The molecule has 2 saturated heterocycles. The molecule has 2 heterocycles. The van der Waals surface area contributed by atoms with Gasteiger partial charge >= 0.3 is 0 Å². The Morgan fingerprint density at radius 3 is 2.77 bits per heavy atom. The lowest BCUT2D eigenvalue weighted by molar-refractivity contribution is -0.0634. The molecule has 0 atom stereocenters. The molecule has 2 rings (SSSR count). The average molecular weight is 181 g/mol. The maximum atomic E-state index is 5.23. The van der Waals surface area contributed by atoms with Crippen LogP contribution >= 0.6 is 0 Å². The van der Waals surface area contributed by atoms with E-state index in [9.17, 15) is 0 Å². The first kappa shape index (κ1) is 9.22. The van der Waals surface area contributed by atoms with Crippen LogP contribution in [0.25, 0.3) is 0 Å². The molecule has 0 saturated carbocycles. The van der Waals surface area contributed by atoms with Gasteiger partial charge in [-0.1, -0.05) is 11.6 Å². The van der Waals surface area contributed by atoms with Crippen LogP contribution in [0.2, 0.25) is 0 Å². The number of rotatable bonds is 1. The summed E-state index contributed by atoms with van der Waals surface area (Å²) < 4.78 is 5.23. The number of allylic oxidation sites excluding steroid dienone is 1. The molecule has 2 nitrogen and oxygen atoms in total. The van der Waals surface area contributed by atoms with Crippen LogP contribution in [0.15, 0.2) is 11.6 Å². The van der Waals surface area contributed by atoms with Gasteiger partial charge in [-0.05, 0) is 32.7 Å². The van der Waals surface area contributed by atoms with Crippen LogP contribution in [0.5, 0.6) is 0 Å². The van der Waals surface area contributed by atoms with Crippen molar-refractivity contribution in [3.63, 3.8) is 0 Å². The second kappa shape index (κ2) is 4.25. The Hall–Kier alpha value is -0.340. The molecule has 0 aromatic heterocycles. The summed E-state index contributed by atoms with van der Waals surface area (Å²) in [5, 5.41) is 0. The van der Waals surface area contributed by atoms with Crippen molar-refractivity contribution in [2.45, 2.75) is 32.2 Å². The summed E-state index contributed by atoms with van der Waals surface area (Å²) in [6.07, 6.45) is 6.20. The van der Waals surface area contributed by atoms with Crippen molar-refractivity contribution in [3.8, 4) is 0 Å². The van der Waals surface area contributed by atoms with Gasteiger partial charge in [0.25, 0.3) is 0 Å². The summed E-state index contributed by atoms with van der Waals surface area (Å²) in [6.45, 7) is 6.60. The Morgan fingerprint density at radius 2 is 2.15 bits per heavy atom. The fraction of sp³-hybridized carbons (Fsp3) is 0.818. The van der Waals surface area contributed by atoms with Gasteiger partial charge in [0.1, 0.15) is 0 Å². The van der Waals surface area contributed by atoms with E-state index in [1.165, 1.54) is 32.4 Å². The van der Waals surface area contributed by atoms with Crippen molar-refractivity contribution in [2.75, 3.05) is 26.3 Å². The summed E-state index contributed by atoms with van der Waals surface area (Å²) in [4.78, 5) is 2.60. The topological polar surface area (TPSA) is 12.5 Å². The van der Waals surface area contributed by atoms with E-state index in [0.29, 0.717) is 0 Å². The van der Waals surface area contributed by atoms with Gasteiger partial charge in [-0.3, -0.25) is 4.90 Å². The van der Waals surface area contributed by atoms with E-state index in [0.717, 1.165) is 19.3 Å². The molecule has 0 spiro atoms. The van der Waals surface area contributed by atoms with Crippen molar-refractivity contribution in [3.05, 3.63) is 11.6 Å². The molecule has 0 bridgehead atoms. The molecule has 2 heteroatoms. The van der Waals surface area contributed by atoms with Crippen LogP contribution < -0.4 is 0 Å². The third-order valence-corrected chi connectivity index (χ3v) is 3.21. The van der Waals surface area contributed by atoms with E-state index < -0.39 is 0 Å². The molecule has 2 aliphatic heterocycles. The number of hydrogen-bond donors (Lipinski definition) is 0. The van der Waals surface area contributed by atoms with Crippen LogP contribution in [0.3, 0.4) is 0 Å². The van der Waals surface area contributed by atoms with Gasteiger partial charge in [0, 0.05) is 6.54 Å². The van der Waals surface area contributed by atoms with Crippen molar-refractivity contribution < 1.29 is 4.74 Å². The molecular weight excluding hydrogens is 162 g/mol. The summed E-state index contributed by atoms with van der Waals surface area (Å²) in [7, 11) is 0. The van der Waals surface area contributed by atoms with E-state index >= 15 is 0 Å². The SMILES string of the molecule is C/C=C1/CCCN(C2COC2)CC1. The summed E-state index contributed by atoms with van der Waals surface area (Å²) in [5.74, 6) is 0. The fourth-order valence-corrected chi connectivity index (χ4v) is 2.12. The molecule has 2 fully saturated rings. The Labute approximate surface area is 80.6 Å². The van der Waals surface area contributed by atoms with E-state index in [2.05, 4.69) is 17.9 Å². The Kier molecular flexibility index (Phi) is 3.01. The van der Waals surface area contributed by atoms with Crippen molar-refractivity contribution >= 4 is 0 Å². The third kappa shape index (κ3) is 2.12. The highest BCUT2D eigenvalue weighted by atomic mass is 16.5. The lowest BCUT2D eigenvalue weighted by Gasteiger charge is -2.36. The normalized spacial score (nSPS) is 30.1. The van der Waals surface area contributed by atoms with Crippen molar-refractivity contribution in [1.29, 1.82) is 0 Å². The molecule has 0 radical (unpaired) electrons. The zero-order chi connectivity index (χ0) is 9.10. The zero-order valence-electron chi connectivity index (χ0n) is 8.46. The van der Waals surface area contributed by atoms with Crippen LogP contribution in [-0.2, 0) is 4.74 Å². The quantitative estimate of drug-likeness (QED) is 0.572. The van der Waals surface area contributed by atoms with Gasteiger partial charge in [0.2, 0.25) is 0 Å². The van der Waals surface area contributed by atoms with E-state index in [1.807, 2.05) is 0 Å². The number of ether oxygens (including phenoxy) is 1. The Bertz CT molecular complexity index is 196. The zero-order valence-corrected chi connectivity index (χ0v) is 8.46. The Morgan fingerprint density at radius 1 is 1.31 bits per heavy atom. The van der Waals surface area contributed by atoms with Crippen LogP contribution in [0.1, 0.15) is 26.2 Å². The van der Waals surface area contributed by atoms with E-state index in [1.54, 1.807) is 5.57 Å². The molecule has 0 amide bonds. The van der Waals surface area contributed by atoms with Gasteiger partial charge in [0.15, 0.2) is 0 Å². The average Bonchev–Trinajstić information content (AvgIpc) is 2.27. The van der Waals surface area contributed by atoms with Gasteiger partial charge < -0.3 is 4.74 Å². The standard InChI is InChI=1S/C11H19NO/c1-2-10-4-3-6-12(7-5-10)11-8-13-9-11/h2,11H,3-9H2,1H3/b10-2-. The molecule has 0 N–H and O–H groups in total. The van der Waals surface area contributed by atoms with Crippen molar-refractivity contribution in [2.24, 2.45) is 0 Å². The molecular formula is C11H19NO. The fourth-order valence-electron chi connectivity index (χ4n) is 2.12. The van der Waals surface area contributed by atoms with Gasteiger partial charge in [-0.25, -0.2) is 0 Å². The highest BCUT2D eigenvalue weighted by molar-refractivity contribution is 5.03. The van der Waals surface area contributed by atoms with Crippen LogP contribution in [-0.4, -0.2) is 37.2 Å². The second-order valence-electron chi connectivity index (χ2n) is 4.03. The van der Waals surface area contributed by atoms with Gasteiger partial charge in [-0.15, -0.1) is 0 Å². The minimum Gasteiger partial charge on any atom is -0.378 e. The molecule has 0 aromatic carbocycles.